The Kier molecular flexibility index (Phi) is 3.62. The van der Waals surface area contributed by atoms with Gasteiger partial charge in [0.05, 0.1) is 28.0 Å². The Balaban J connectivity index is 2.26. The van der Waals surface area contributed by atoms with E-state index in [2.05, 4.69) is 4.72 Å². The molecule has 1 aromatic rings. The van der Waals surface area contributed by atoms with E-state index in [0.717, 1.165) is 0 Å². The number of benzene rings is 1. The Morgan fingerprint density at radius 3 is 2.35 bits per heavy atom. The summed E-state index contributed by atoms with van der Waals surface area (Å²) in [6, 6.07) is 7.37. The maximum absolute atomic E-state index is 12.2. The predicted octanol–water partition coefficient (Wildman–Crippen LogP) is 0.414. The van der Waals surface area contributed by atoms with Crippen LogP contribution in [0.1, 0.15) is 18.9 Å². The van der Waals surface area contributed by atoms with Gasteiger partial charge in [-0.3, -0.25) is 0 Å². The molecule has 0 amide bonds. The van der Waals surface area contributed by atoms with Gasteiger partial charge in [0.25, 0.3) is 0 Å². The second-order valence-electron chi connectivity index (χ2n) is 5.14. The van der Waals surface area contributed by atoms with Crippen molar-refractivity contribution < 1.29 is 16.8 Å². The van der Waals surface area contributed by atoms with Crippen LogP contribution in [0.5, 0.6) is 0 Å². The first kappa shape index (κ1) is 15.0. The number of hydrogen-bond acceptors (Lipinski definition) is 5. The molecule has 1 aromatic carbocycles. The lowest BCUT2D eigenvalue weighted by Crippen LogP contribution is -2.46. The van der Waals surface area contributed by atoms with Crippen molar-refractivity contribution in [2.75, 3.05) is 11.5 Å². The molecule has 0 radical (unpaired) electrons. The molecule has 2 rings (SSSR count). The fourth-order valence-corrected chi connectivity index (χ4v) is 5.80. The fraction of sp³-hybridized carbons (Fsp3) is 0.417. The number of sulfone groups is 1. The zero-order valence-electron chi connectivity index (χ0n) is 10.8. The summed E-state index contributed by atoms with van der Waals surface area (Å²) < 4.78 is 49.8. The van der Waals surface area contributed by atoms with Crippen LogP contribution < -0.4 is 4.72 Å². The van der Waals surface area contributed by atoms with Gasteiger partial charge in [-0.05, 0) is 37.6 Å². The van der Waals surface area contributed by atoms with Crippen molar-refractivity contribution in [3.05, 3.63) is 29.8 Å². The van der Waals surface area contributed by atoms with Crippen molar-refractivity contribution in [1.29, 1.82) is 5.26 Å². The smallest absolute Gasteiger partial charge is 0.229 e. The molecule has 8 heteroatoms. The van der Waals surface area contributed by atoms with Crippen LogP contribution in [-0.2, 0) is 19.9 Å². The van der Waals surface area contributed by atoms with Gasteiger partial charge in [-0.15, -0.1) is 0 Å². The van der Waals surface area contributed by atoms with Crippen LogP contribution in [0.3, 0.4) is 0 Å². The zero-order valence-corrected chi connectivity index (χ0v) is 12.5. The summed E-state index contributed by atoms with van der Waals surface area (Å²) in [5.41, 5.74) is -0.621. The lowest BCUT2D eigenvalue weighted by molar-refractivity contribution is 0.462. The minimum atomic E-state index is -3.80. The summed E-state index contributed by atoms with van der Waals surface area (Å²) in [6.45, 7) is 1.58. The molecular weight excluding hydrogens is 300 g/mol. The lowest BCUT2D eigenvalue weighted by atomic mass is 10.0. The summed E-state index contributed by atoms with van der Waals surface area (Å²) in [5, 5.41) is 8.68. The van der Waals surface area contributed by atoms with Crippen LogP contribution in [0.2, 0.25) is 0 Å². The molecule has 1 fully saturated rings. The van der Waals surface area contributed by atoms with Gasteiger partial charge in [0.15, 0.2) is 9.84 Å². The third-order valence-electron chi connectivity index (χ3n) is 3.18. The number of nitrogens with one attached hydrogen (secondary N) is 1. The standard InChI is InChI=1S/C12H14N2O4S2/c1-12(6-7-19(15,16)9-12)14-20(17,18)11-4-2-10(8-13)3-5-11/h2-5,14H,6-7,9H2,1H3. The zero-order chi connectivity index (χ0) is 15.0. The van der Waals surface area contributed by atoms with Gasteiger partial charge in [-0.2, -0.15) is 5.26 Å². The van der Waals surface area contributed by atoms with Gasteiger partial charge in [0.2, 0.25) is 10.0 Å². The fourth-order valence-electron chi connectivity index (χ4n) is 2.18. The summed E-state index contributed by atoms with van der Waals surface area (Å²) in [4.78, 5) is 0.0158. The molecule has 1 N–H and O–H groups in total. The second-order valence-corrected chi connectivity index (χ2v) is 9.01. The van der Waals surface area contributed by atoms with Gasteiger partial charge in [-0.1, -0.05) is 0 Å². The Labute approximate surface area is 118 Å². The van der Waals surface area contributed by atoms with Crippen LogP contribution in [-0.4, -0.2) is 33.9 Å². The molecule has 1 saturated heterocycles. The molecule has 1 heterocycles. The first-order valence-corrected chi connectivity index (χ1v) is 9.21. The monoisotopic (exact) mass is 314 g/mol. The number of nitriles is 1. The number of nitrogens with zero attached hydrogens (tertiary/aromatic N) is 1. The highest BCUT2D eigenvalue weighted by Crippen LogP contribution is 2.25. The summed E-state index contributed by atoms with van der Waals surface area (Å²) in [6.07, 6.45) is 0.255. The molecule has 0 spiro atoms. The Morgan fingerprint density at radius 1 is 1.30 bits per heavy atom. The highest BCUT2D eigenvalue weighted by molar-refractivity contribution is 7.92. The third-order valence-corrected chi connectivity index (χ3v) is 6.74. The second kappa shape index (κ2) is 4.84. The van der Waals surface area contributed by atoms with Crippen LogP contribution in [0, 0.1) is 11.3 Å². The molecule has 1 atom stereocenters. The summed E-state index contributed by atoms with van der Waals surface area (Å²) >= 11 is 0. The third kappa shape index (κ3) is 3.17. The molecule has 1 aliphatic rings. The van der Waals surface area contributed by atoms with Gasteiger partial charge in [0.1, 0.15) is 0 Å². The molecule has 1 unspecified atom stereocenters. The van der Waals surface area contributed by atoms with Crippen molar-refractivity contribution in [3.8, 4) is 6.07 Å². The lowest BCUT2D eigenvalue weighted by Gasteiger charge is -2.23. The number of hydrogen-bond donors (Lipinski definition) is 1. The highest BCUT2D eigenvalue weighted by atomic mass is 32.2. The predicted molar refractivity (Wildman–Crippen MR) is 73.2 cm³/mol. The Hall–Kier alpha value is -1.43. The number of rotatable bonds is 3. The topological polar surface area (TPSA) is 104 Å². The van der Waals surface area contributed by atoms with E-state index < -0.39 is 25.4 Å². The first-order chi connectivity index (χ1) is 9.16. The van der Waals surface area contributed by atoms with Crippen LogP contribution in [0.15, 0.2) is 29.2 Å². The average Bonchev–Trinajstić information content (AvgIpc) is 2.62. The SMILES string of the molecule is CC1(NS(=O)(=O)c2ccc(C#N)cc2)CCS(=O)(=O)C1. The van der Waals surface area contributed by atoms with E-state index >= 15 is 0 Å². The van der Waals surface area contributed by atoms with Crippen molar-refractivity contribution >= 4 is 19.9 Å². The number of sulfonamides is 1. The molecule has 0 aliphatic carbocycles. The van der Waals surface area contributed by atoms with Crippen molar-refractivity contribution in [1.82, 2.24) is 4.72 Å². The van der Waals surface area contributed by atoms with Crippen molar-refractivity contribution in [2.24, 2.45) is 0 Å². The van der Waals surface area contributed by atoms with Crippen molar-refractivity contribution in [3.63, 3.8) is 0 Å². The van der Waals surface area contributed by atoms with Gasteiger partial charge < -0.3 is 0 Å². The average molecular weight is 314 g/mol. The molecule has 0 aromatic heterocycles. The van der Waals surface area contributed by atoms with Crippen LogP contribution >= 0.6 is 0 Å². The van der Waals surface area contributed by atoms with Crippen molar-refractivity contribution in [2.45, 2.75) is 23.8 Å². The van der Waals surface area contributed by atoms with E-state index in [1.807, 2.05) is 6.07 Å². The molecule has 1 aliphatic heterocycles. The molecule has 0 saturated carbocycles. The Bertz CT molecular complexity index is 761. The highest BCUT2D eigenvalue weighted by Gasteiger charge is 2.41. The molecule has 6 nitrogen and oxygen atoms in total. The Morgan fingerprint density at radius 2 is 1.90 bits per heavy atom. The normalized spacial score (nSPS) is 25.2. The molecular formula is C12H14N2O4S2. The van der Waals surface area contributed by atoms with Gasteiger partial charge in [0, 0.05) is 5.54 Å². The van der Waals surface area contributed by atoms with E-state index in [4.69, 9.17) is 5.26 Å². The first-order valence-electron chi connectivity index (χ1n) is 5.90. The minimum Gasteiger partial charge on any atom is -0.229 e. The molecule has 20 heavy (non-hydrogen) atoms. The van der Waals surface area contributed by atoms with E-state index in [1.165, 1.54) is 24.3 Å². The maximum Gasteiger partial charge on any atom is 0.241 e. The maximum atomic E-state index is 12.2. The van der Waals surface area contributed by atoms with E-state index in [-0.39, 0.29) is 22.8 Å². The summed E-state index contributed by atoms with van der Waals surface area (Å²) in [5.74, 6) is -0.213. The minimum absolute atomic E-state index is 0.0145. The van der Waals surface area contributed by atoms with Gasteiger partial charge >= 0.3 is 0 Å². The van der Waals surface area contributed by atoms with Crippen LogP contribution in [0.4, 0.5) is 0 Å². The van der Waals surface area contributed by atoms with Crippen LogP contribution in [0.25, 0.3) is 0 Å². The molecule has 0 bridgehead atoms. The van der Waals surface area contributed by atoms with Gasteiger partial charge in [-0.25, -0.2) is 21.6 Å². The summed E-state index contributed by atoms with van der Waals surface area (Å²) in [7, 11) is -6.99. The molecule has 108 valence electrons. The quantitative estimate of drug-likeness (QED) is 0.870. The van der Waals surface area contributed by atoms with E-state index in [1.54, 1.807) is 6.92 Å². The van der Waals surface area contributed by atoms with E-state index in [9.17, 15) is 16.8 Å². The van der Waals surface area contributed by atoms with E-state index in [0.29, 0.717) is 5.56 Å². The largest absolute Gasteiger partial charge is 0.241 e.